The van der Waals surface area contributed by atoms with Gasteiger partial charge in [-0.1, -0.05) is 39.0 Å². The van der Waals surface area contributed by atoms with E-state index in [9.17, 15) is 9.59 Å². The highest BCUT2D eigenvalue weighted by Crippen LogP contribution is 2.26. The summed E-state index contributed by atoms with van der Waals surface area (Å²) in [6, 6.07) is 8.64. The molecule has 1 amide bonds. The summed E-state index contributed by atoms with van der Waals surface area (Å²) in [5, 5.41) is 2.90. The first-order valence-electron chi connectivity index (χ1n) is 7.12. The quantitative estimate of drug-likeness (QED) is 0.848. The van der Waals surface area contributed by atoms with E-state index in [0.29, 0.717) is 5.56 Å². The Bertz CT molecular complexity index is 487. The minimum Gasteiger partial charge on any atom is -0.452 e. The molecule has 0 saturated heterocycles. The monoisotopic (exact) mass is 291 g/mol. The van der Waals surface area contributed by atoms with Crippen molar-refractivity contribution in [3.63, 3.8) is 0 Å². The SMILES string of the molecule is CC(C)(C)CC(C)(C)NC(=O)COC(=O)c1ccccc1. The Balaban J connectivity index is 2.46. The molecule has 4 nitrogen and oxygen atoms in total. The highest BCUT2D eigenvalue weighted by Gasteiger charge is 2.27. The van der Waals surface area contributed by atoms with Crippen LogP contribution in [0.25, 0.3) is 0 Å². The number of nitrogens with one attached hydrogen (secondary N) is 1. The number of amides is 1. The zero-order valence-corrected chi connectivity index (χ0v) is 13.5. The lowest BCUT2D eigenvalue weighted by Crippen LogP contribution is -2.47. The van der Waals surface area contributed by atoms with Gasteiger partial charge in [0.25, 0.3) is 5.91 Å². The summed E-state index contributed by atoms with van der Waals surface area (Å²) < 4.78 is 5.01. The number of carbonyl (C=O) groups excluding carboxylic acids is 2. The summed E-state index contributed by atoms with van der Waals surface area (Å²) in [6.45, 7) is 10.0. The zero-order valence-electron chi connectivity index (χ0n) is 13.5. The zero-order chi connectivity index (χ0) is 16.1. The molecule has 1 aromatic carbocycles. The maximum absolute atomic E-state index is 11.9. The molecule has 21 heavy (non-hydrogen) atoms. The van der Waals surface area contributed by atoms with E-state index < -0.39 is 5.97 Å². The first-order chi connectivity index (χ1) is 9.59. The van der Waals surface area contributed by atoms with Gasteiger partial charge in [0.05, 0.1) is 5.56 Å². The predicted molar refractivity (Wildman–Crippen MR) is 83.0 cm³/mol. The maximum Gasteiger partial charge on any atom is 0.338 e. The van der Waals surface area contributed by atoms with E-state index in [1.54, 1.807) is 24.3 Å². The van der Waals surface area contributed by atoms with E-state index in [-0.39, 0.29) is 23.5 Å². The molecule has 4 heteroatoms. The lowest BCUT2D eigenvalue weighted by molar-refractivity contribution is -0.126. The van der Waals surface area contributed by atoms with Crippen LogP contribution in [0.3, 0.4) is 0 Å². The van der Waals surface area contributed by atoms with Crippen molar-refractivity contribution in [1.82, 2.24) is 5.32 Å². The molecule has 0 radical (unpaired) electrons. The number of rotatable bonds is 5. The number of benzene rings is 1. The van der Waals surface area contributed by atoms with Crippen molar-refractivity contribution in [3.8, 4) is 0 Å². The molecule has 1 aromatic rings. The van der Waals surface area contributed by atoms with Gasteiger partial charge in [-0.3, -0.25) is 4.79 Å². The van der Waals surface area contributed by atoms with Crippen molar-refractivity contribution in [2.75, 3.05) is 6.61 Å². The lowest BCUT2D eigenvalue weighted by Gasteiger charge is -2.33. The van der Waals surface area contributed by atoms with E-state index in [1.165, 1.54) is 0 Å². The van der Waals surface area contributed by atoms with Gasteiger partial charge in [0.1, 0.15) is 0 Å². The van der Waals surface area contributed by atoms with Gasteiger partial charge in [0.2, 0.25) is 0 Å². The van der Waals surface area contributed by atoms with Gasteiger partial charge in [0.15, 0.2) is 6.61 Å². The predicted octanol–water partition coefficient (Wildman–Crippen LogP) is 3.17. The molecule has 0 heterocycles. The largest absolute Gasteiger partial charge is 0.452 e. The number of hydrogen-bond acceptors (Lipinski definition) is 3. The molecule has 1 rings (SSSR count). The molecule has 1 N–H and O–H groups in total. The fraction of sp³-hybridized carbons (Fsp3) is 0.529. The molecule has 0 aromatic heterocycles. The van der Waals surface area contributed by atoms with Crippen LogP contribution in [-0.4, -0.2) is 24.0 Å². The Labute approximate surface area is 126 Å². The minimum absolute atomic E-state index is 0.109. The van der Waals surface area contributed by atoms with Gasteiger partial charge in [-0.25, -0.2) is 4.79 Å². The highest BCUT2D eigenvalue weighted by molar-refractivity contribution is 5.91. The molecule has 0 unspecified atom stereocenters. The molecule has 0 spiro atoms. The van der Waals surface area contributed by atoms with Crippen molar-refractivity contribution >= 4 is 11.9 Å². The molecule has 0 aliphatic heterocycles. The molecule has 0 aliphatic carbocycles. The molecule has 0 bridgehead atoms. The third-order valence-electron chi connectivity index (χ3n) is 2.79. The molecule has 0 atom stereocenters. The third-order valence-corrected chi connectivity index (χ3v) is 2.79. The van der Waals surface area contributed by atoms with Gasteiger partial charge < -0.3 is 10.1 Å². The van der Waals surface area contributed by atoms with Crippen LogP contribution < -0.4 is 5.32 Å². The Morgan fingerprint density at radius 2 is 1.62 bits per heavy atom. The summed E-state index contributed by atoms with van der Waals surface area (Å²) in [6.07, 6.45) is 0.832. The number of ether oxygens (including phenoxy) is 1. The molecular weight excluding hydrogens is 266 g/mol. The van der Waals surface area contributed by atoms with Crippen molar-refractivity contribution in [2.45, 2.75) is 46.6 Å². The standard InChI is InChI=1S/C17H25NO3/c1-16(2,3)12-17(4,5)18-14(19)11-21-15(20)13-9-7-6-8-10-13/h6-10H,11-12H2,1-5H3,(H,18,19). The van der Waals surface area contributed by atoms with E-state index in [2.05, 4.69) is 26.1 Å². The number of esters is 1. The van der Waals surface area contributed by atoms with E-state index >= 15 is 0 Å². The molecule has 0 fully saturated rings. The van der Waals surface area contributed by atoms with Gasteiger partial charge in [-0.2, -0.15) is 0 Å². The van der Waals surface area contributed by atoms with Crippen LogP contribution in [0.2, 0.25) is 0 Å². The average Bonchev–Trinajstić information content (AvgIpc) is 2.33. The summed E-state index contributed by atoms with van der Waals surface area (Å²) in [5.41, 5.74) is 0.214. The van der Waals surface area contributed by atoms with Gasteiger partial charge in [0, 0.05) is 5.54 Å². The molecule has 0 saturated carbocycles. The summed E-state index contributed by atoms with van der Waals surface area (Å²) in [7, 11) is 0. The fourth-order valence-corrected chi connectivity index (χ4v) is 2.57. The average molecular weight is 291 g/mol. The lowest BCUT2D eigenvalue weighted by atomic mass is 9.82. The van der Waals surface area contributed by atoms with Crippen molar-refractivity contribution in [3.05, 3.63) is 35.9 Å². The van der Waals surface area contributed by atoms with Gasteiger partial charge in [-0.05, 0) is 37.8 Å². The van der Waals surface area contributed by atoms with Crippen LogP contribution in [0, 0.1) is 5.41 Å². The first kappa shape index (κ1) is 17.2. The second kappa shape index (κ2) is 6.74. The smallest absolute Gasteiger partial charge is 0.338 e. The molecule has 116 valence electrons. The summed E-state index contributed by atoms with van der Waals surface area (Å²) >= 11 is 0. The van der Waals surface area contributed by atoms with Crippen LogP contribution >= 0.6 is 0 Å². The van der Waals surface area contributed by atoms with E-state index in [4.69, 9.17) is 4.74 Å². The number of carbonyl (C=O) groups is 2. The Morgan fingerprint density at radius 3 is 2.14 bits per heavy atom. The van der Waals surface area contributed by atoms with Crippen molar-refractivity contribution in [1.29, 1.82) is 0 Å². The van der Waals surface area contributed by atoms with Crippen LogP contribution in [0.15, 0.2) is 30.3 Å². The van der Waals surface area contributed by atoms with Crippen molar-refractivity contribution in [2.24, 2.45) is 5.41 Å². The van der Waals surface area contributed by atoms with Crippen LogP contribution in [0.1, 0.15) is 51.4 Å². The topological polar surface area (TPSA) is 55.4 Å². The van der Waals surface area contributed by atoms with Crippen LogP contribution in [-0.2, 0) is 9.53 Å². The summed E-state index contributed by atoms with van der Waals surface area (Å²) in [5.74, 6) is -0.770. The van der Waals surface area contributed by atoms with Gasteiger partial charge >= 0.3 is 5.97 Å². The Morgan fingerprint density at radius 1 is 1.05 bits per heavy atom. The van der Waals surface area contributed by atoms with Crippen molar-refractivity contribution < 1.29 is 14.3 Å². The van der Waals surface area contributed by atoms with Crippen LogP contribution in [0.4, 0.5) is 0 Å². The third kappa shape index (κ3) is 6.93. The summed E-state index contributed by atoms with van der Waals surface area (Å²) in [4.78, 5) is 23.6. The first-order valence-corrected chi connectivity index (χ1v) is 7.12. The van der Waals surface area contributed by atoms with E-state index in [1.807, 2.05) is 19.9 Å². The normalized spacial score (nSPS) is 11.9. The highest BCUT2D eigenvalue weighted by atomic mass is 16.5. The van der Waals surface area contributed by atoms with Crippen LogP contribution in [0.5, 0.6) is 0 Å². The Hall–Kier alpha value is -1.84. The molecular formula is C17H25NO3. The fourth-order valence-electron chi connectivity index (χ4n) is 2.57. The van der Waals surface area contributed by atoms with Gasteiger partial charge in [-0.15, -0.1) is 0 Å². The Kier molecular flexibility index (Phi) is 5.53. The number of hydrogen-bond donors (Lipinski definition) is 1. The second-order valence-electron chi connectivity index (χ2n) is 7.11. The van der Waals surface area contributed by atoms with E-state index in [0.717, 1.165) is 6.42 Å². The molecule has 0 aliphatic rings. The minimum atomic E-state index is -0.487. The maximum atomic E-state index is 11.9. The second-order valence-corrected chi connectivity index (χ2v) is 7.11.